The molecule has 30 heavy (non-hydrogen) atoms. The molecule has 154 valence electrons. The van der Waals surface area contributed by atoms with Crippen molar-refractivity contribution in [2.75, 3.05) is 19.7 Å². The average Bonchev–Trinajstić information content (AvgIpc) is 3.12. The fourth-order valence-electron chi connectivity index (χ4n) is 3.87. The number of pyridine rings is 1. The first kappa shape index (κ1) is 20.1. The van der Waals surface area contributed by atoms with Crippen LogP contribution in [0.5, 0.6) is 0 Å². The predicted octanol–water partition coefficient (Wildman–Crippen LogP) is 2.97. The molecule has 0 aliphatic heterocycles. The fraction of sp³-hybridized carbons (Fsp3) is 0.250. The standard InChI is InChI=1S/C24H26N4O2/c29-19-9-15-26(17-18-28-24(30)27-16-8-7-14-22(27)25-28)23(20-10-3-1-4-11-20)21-12-5-2-6-13-21/h1-8,10-14,16,23,29H,9,15,17-19H2. The maximum Gasteiger partial charge on any atom is 0.350 e. The van der Waals surface area contributed by atoms with E-state index in [9.17, 15) is 9.90 Å². The van der Waals surface area contributed by atoms with Crippen LogP contribution in [0.2, 0.25) is 0 Å². The van der Waals surface area contributed by atoms with Crippen molar-refractivity contribution < 1.29 is 5.11 Å². The van der Waals surface area contributed by atoms with Gasteiger partial charge in [0.2, 0.25) is 0 Å². The van der Waals surface area contributed by atoms with Crippen molar-refractivity contribution in [1.29, 1.82) is 0 Å². The second-order valence-corrected chi connectivity index (χ2v) is 7.27. The Labute approximate surface area is 175 Å². The first-order valence-electron chi connectivity index (χ1n) is 10.3. The van der Waals surface area contributed by atoms with E-state index >= 15 is 0 Å². The van der Waals surface area contributed by atoms with Gasteiger partial charge < -0.3 is 5.11 Å². The quantitative estimate of drug-likeness (QED) is 0.468. The van der Waals surface area contributed by atoms with Crippen LogP contribution in [0.25, 0.3) is 5.65 Å². The number of hydrogen-bond donors (Lipinski definition) is 1. The Hall–Kier alpha value is -3.22. The van der Waals surface area contributed by atoms with Crippen LogP contribution in [0.4, 0.5) is 0 Å². The molecular weight excluding hydrogens is 376 g/mol. The SMILES string of the molecule is O=c1n(CCN(CCCO)C(c2ccccc2)c2ccccc2)nc2ccccn12. The number of aliphatic hydroxyl groups excluding tert-OH is 1. The van der Waals surface area contributed by atoms with Crippen molar-refractivity contribution in [3.63, 3.8) is 0 Å². The van der Waals surface area contributed by atoms with Gasteiger partial charge in [-0.2, -0.15) is 0 Å². The summed E-state index contributed by atoms with van der Waals surface area (Å²) >= 11 is 0. The van der Waals surface area contributed by atoms with Crippen LogP contribution < -0.4 is 5.69 Å². The number of nitrogens with zero attached hydrogens (tertiary/aromatic N) is 4. The molecule has 0 unspecified atom stereocenters. The molecule has 0 amide bonds. The van der Waals surface area contributed by atoms with Crippen molar-refractivity contribution in [2.24, 2.45) is 0 Å². The Morgan fingerprint density at radius 1 is 0.867 bits per heavy atom. The molecule has 6 nitrogen and oxygen atoms in total. The zero-order valence-electron chi connectivity index (χ0n) is 16.8. The van der Waals surface area contributed by atoms with Crippen molar-refractivity contribution in [2.45, 2.75) is 19.0 Å². The van der Waals surface area contributed by atoms with Gasteiger partial charge in [0.25, 0.3) is 0 Å². The number of hydrogen-bond acceptors (Lipinski definition) is 4. The monoisotopic (exact) mass is 402 g/mol. The third-order valence-corrected chi connectivity index (χ3v) is 5.29. The van der Waals surface area contributed by atoms with Gasteiger partial charge in [0.1, 0.15) is 0 Å². The minimum absolute atomic E-state index is 0.0340. The molecule has 0 bridgehead atoms. The number of rotatable bonds is 9. The van der Waals surface area contributed by atoms with Crippen LogP contribution in [0.3, 0.4) is 0 Å². The largest absolute Gasteiger partial charge is 0.396 e. The molecule has 0 aliphatic rings. The summed E-state index contributed by atoms with van der Waals surface area (Å²) in [5.41, 5.74) is 2.88. The van der Waals surface area contributed by atoms with Gasteiger partial charge in [-0.3, -0.25) is 9.30 Å². The maximum atomic E-state index is 12.7. The average molecular weight is 402 g/mol. The van der Waals surface area contributed by atoms with Crippen LogP contribution in [0.15, 0.2) is 89.9 Å². The van der Waals surface area contributed by atoms with Gasteiger partial charge in [0, 0.05) is 25.9 Å². The van der Waals surface area contributed by atoms with Gasteiger partial charge in [-0.1, -0.05) is 66.7 Å². The number of fused-ring (bicyclic) bond motifs is 1. The number of benzene rings is 2. The Morgan fingerprint density at radius 3 is 2.10 bits per heavy atom. The van der Waals surface area contributed by atoms with E-state index in [2.05, 4.69) is 34.3 Å². The van der Waals surface area contributed by atoms with Crippen LogP contribution in [0.1, 0.15) is 23.6 Å². The summed E-state index contributed by atoms with van der Waals surface area (Å²) in [6.45, 7) is 1.95. The molecule has 2 aromatic heterocycles. The van der Waals surface area contributed by atoms with E-state index in [1.165, 1.54) is 15.8 Å². The maximum absolute atomic E-state index is 12.7. The Morgan fingerprint density at radius 2 is 1.50 bits per heavy atom. The molecular formula is C24H26N4O2. The molecule has 0 saturated heterocycles. The van der Waals surface area contributed by atoms with Crippen LogP contribution in [0, 0.1) is 0 Å². The molecule has 0 saturated carbocycles. The Bertz CT molecular complexity index is 1080. The summed E-state index contributed by atoms with van der Waals surface area (Å²) < 4.78 is 3.08. The molecule has 0 spiro atoms. The summed E-state index contributed by atoms with van der Waals surface area (Å²) in [6.07, 6.45) is 2.40. The minimum atomic E-state index is -0.135. The third-order valence-electron chi connectivity index (χ3n) is 5.29. The first-order valence-corrected chi connectivity index (χ1v) is 10.3. The topological polar surface area (TPSA) is 62.8 Å². The van der Waals surface area contributed by atoms with Crippen molar-refractivity contribution in [1.82, 2.24) is 19.1 Å². The highest BCUT2D eigenvalue weighted by molar-refractivity contribution is 5.35. The highest BCUT2D eigenvalue weighted by Crippen LogP contribution is 2.28. The predicted molar refractivity (Wildman–Crippen MR) is 117 cm³/mol. The Kier molecular flexibility index (Phi) is 6.37. The third kappa shape index (κ3) is 4.35. The van der Waals surface area contributed by atoms with Crippen LogP contribution in [-0.2, 0) is 6.54 Å². The lowest BCUT2D eigenvalue weighted by atomic mass is 9.97. The summed E-state index contributed by atoms with van der Waals surface area (Å²) in [6, 6.07) is 26.3. The highest BCUT2D eigenvalue weighted by Gasteiger charge is 2.22. The van der Waals surface area contributed by atoms with Gasteiger partial charge in [0.05, 0.1) is 12.6 Å². The van der Waals surface area contributed by atoms with Gasteiger partial charge >= 0.3 is 5.69 Å². The summed E-state index contributed by atoms with van der Waals surface area (Å²) in [7, 11) is 0. The minimum Gasteiger partial charge on any atom is -0.396 e. The van der Waals surface area contributed by atoms with E-state index in [4.69, 9.17) is 0 Å². The van der Waals surface area contributed by atoms with Gasteiger partial charge in [-0.15, -0.1) is 5.10 Å². The zero-order valence-corrected chi connectivity index (χ0v) is 16.8. The molecule has 4 rings (SSSR count). The lowest BCUT2D eigenvalue weighted by Crippen LogP contribution is -2.36. The molecule has 4 aromatic rings. The lowest BCUT2D eigenvalue weighted by Gasteiger charge is -2.32. The normalized spacial score (nSPS) is 11.6. The molecule has 2 aromatic carbocycles. The summed E-state index contributed by atoms with van der Waals surface area (Å²) in [4.78, 5) is 15.0. The molecule has 2 heterocycles. The van der Waals surface area contributed by atoms with Gasteiger partial charge in [-0.25, -0.2) is 9.48 Å². The highest BCUT2D eigenvalue weighted by atomic mass is 16.3. The van der Waals surface area contributed by atoms with Gasteiger partial charge in [-0.05, 0) is 29.7 Å². The Balaban J connectivity index is 1.65. The van der Waals surface area contributed by atoms with Crippen LogP contribution >= 0.6 is 0 Å². The van der Waals surface area contributed by atoms with E-state index in [1.54, 1.807) is 10.6 Å². The van der Waals surface area contributed by atoms with E-state index in [0.29, 0.717) is 31.7 Å². The van der Waals surface area contributed by atoms with Gasteiger partial charge in [0.15, 0.2) is 5.65 Å². The zero-order chi connectivity index (χ0) is 20.8. The molecule has 1 N–H and O–H groups in total. The summed E-state index contributed by atoms with van der Waals surface area (Å²) in [5.74, 6) is 0. The molecule has 0 atom stereocenters. The lowest BCUT2D eigenvalue weighted by molar-refractivity contribution is 0.185. The number of aromatic nitrogens is 3. The van der Waals surface area contributed by atoms with Crippen LogP contribution in [-0.4, -0.2) is 43.9 Å². The van der Waals surface area contributed by atoms with E-state index in [1.807, 2.05) is 54.6 Å². The van der Waals surface area contributed by atoms with Crippen molar-refractivity contribution in [3.05, 3.63) is 107 Å². The second kappa shape index (κ2) is 9.52. The second-order valence-electron chi connectivity index (χ2n) is 7.27. The smallest absolute Gasteiger partial charge is 0.350 e. The molecule has 6 heteroatoms. The van der Waals surface area contributed by atoms with E-state index in [-0.39, 0.29) is 18.3 Å². The van der Waals surface area contributed by atoms with E-state index < -0.39 is 0 Å². The molecule has 0 fully saturated rings. The van der Waals surface area contributed by atoms with Crippen molar-refractivity contribution >= 4 is 5.65 Å². The molecule has 0 aliphatic carbocycles. The van der Waals surface area contributed by atoms with Crippen molar-refractivity contribution in [3.8, 4) is 0 Å². The molecule has 0 radical (unpaired) electrons. The number of aliphatic hydroxyl groups is 1. The van der Waals surface area contributed by atoms with E-state index in [0.717, 1.165) is 0 Å². The fourth-order valence-corrected chi connectivity index (χ4v) is 3.87. The summed E-state index contributed by atoms with van der Waals surface area (Å²) in [5, 5.41) is 13.9. The first-order chi connectivity index (χ1) is 14.8.